The zero-order valence-electron chi connectivity index (χ0n) is 11.7. The fourth-order valence-electron chi connectivity index (χ4n) is 1.64. The molecule has 112 valence electrons. The van der Waals surface area contributed by atoms with Crippen molar-refractivity contribution in [3.05, 3.63) is 0 Å². The van der Waals surface area contributed by atoms with Crippen LogP contribution in [0.4, 0.5) is 0 Å². The van der Waals surface area contributed by atoms with E-state index in [-0.39, 0.29) is 42.2 Å². The highest BCUT2D eigenvalue weighted by molar-refractivity contribution is 5.85. The van der Waals surface area contributed by atoms with Crippen molar-refractivity contribution < 1.29 is 14.3 Å². The van der Waals surface area contributed by atoms with Crippen LogP contribution >= 0.6 is 12.4 Å². The second-order valence-corrected chi connectivity index (χ2v) is 5.42. The van der Waals surface area contributed by atoms with Crippen LogP contribution in [0.5, 0.6) is 0 Å². The molecule has 0 aromatic carbocycles. The number of carbonyl (C=O) groups excluding carboxylic acids is 2. The standard InChI is InChI=1S/C12H23N3O3.ClH/c1-12(2,3)15-10(16)4-5-14-11(17)9-8-18-7-6-13-9;/h9,13H,4-8H2,1-3H3,(H,14,17)(H,15,16);1H. The van der Waals surface area contributed by atoms with Gasteiger partial charge in [0.05, 0.1) is 13.2 Å². The van der Waals surface area contributed by atoms with Gasteiger partial charge in [-0.3, -0.25) is 9.59 Å². The summed E-state index contributed by atoms with van der Waals surface area (Å²) in [5.74, 6) is -0.172. The molecule has 0 radical (unpaired) electrons. The van der Waals surface area contributed by atoms with E-state index in [2.05, 4.69) is 16.0 Å². The molecule has 0 saturated carbocycles. The molecule has 0 aromatic heterocycles. The molecule has 1 saturated heterocycles. The first-order chi connectivity index (χ1) is 8.38. The molecule has 3 N–H and O–H groups in total. The number of nitrogens with one attached hydrogen (secondary N) is 3. The SMILES string of the molecule is CC(C)(C)NC(=O)CCNC(=O)C1COCCN1.Cl. The molecule has 19 heavy (non-hydrogen) atoms. The number of amides is 2. The lowest BCUT2D eigenvalue weighted by Crippen LogP contribution is -2.51. The van der Waals surface area contributed by atoms with E-state index in [1.165, 1.54) is 0 Å². The molecular formula is C12H24ClN3O3. The van der Waals surface area contributed by atoms with Gasteiger partial charge in [0.25, 0.3) is 0 Å². The quantitative estimate of drug-likeness (QED) is 0.672. The number of hydrogen-bond acceptors (Lipinski definition) is 4. The van der Waals surface area contributed by atoms with Crippen molar-refractivity contribution in [1.29, 1.82) is 0 Å². The molecule has 7 heteroatoms. The van der Waals surface area contributed by atoms with E-state index in [0.29, 0.717) is 26.3 Å². The van der Waals surface area contributed by atoms with Gasteiger partial charge < -0.3 is 20.7 Å². The Morgan fingerprint density at radius 1 is 1.37 bits per heavy atom. The van der Waals surface area contributed by atoms with Crippen LogP contribution in [0, 0.1) is 0 Å². The molecule has 0 bridgehead atoms. The summed E-state index contributed by atoms with van der Waals surface area (Å²) in [7, 11) is 0. The lowest BCUT2D eigenvalue weighted by atomic mass is 10.1. The number of ether oxygens (including phenoxy) is 1. The average Bonchev–Trinajstić information content (AvgIpc) is 2.27. The summed E-state index contributed by atoms with van der Waals surface area (Å²) in [6.07, 6.45) is 0.288. The van der Waals surface area contributed by atoms with Gasteiger partial charge in [-0.05, 0) is 20.8 Å². The molecule has 0 aliphatic carbocycles. The van der Waals surface area contributed by atoms with E-state index in [0.717, 1.165) is 0 Å². The molecule has 0 spiro atoms. The molecule has 1 atom stereocenters. The monoisotopic (exact) mass is 293 g/mol. The Hall–Kier alpha value is -0.850. The summed E-state index contributed by atoms with van der Waals surface area (Å²) in [6, 6.07) is -0.301. The second-order valence-electron chi connectivity index (χ2n) is 5.42. The zero-order chi connectivity index (χ0) is 13.6. The van der Waals surface area contributed by atoms with Gasteiger partial charge in [0, 0.05) is 25.0 Å². The smallest absolute Gasteiger partial charge is 0.239 e. The third kappa shape index (κ3) is 8.02. The maximum atomic E-state index is 11.7. The zero-order valence-corrected chi connectivity index (χ0v) is 12.6. The third-order valence-corrected chi connectivity index (χ3v) is 2.40. The average molecular weight is 294 g/mol. The van der Waals surface area contributed by atoms with Crippen LogP contribution in [0.15, 0.2) is 0 Å². The molecule has 1 aliphatic rings. The largest absolute Gasteiger partial charge is 0.378 e. The van der Waals surface area contributed by atoms with Crippen LogP contribution < -0.4 is 16.0 Å². The molecule has 0 aromatic rings. The van der Waals surface area contributed by atoms with Gasteiger partial charge in [-0.25, -0.2) is 0 Å². The van der Waals surface area contributed by atoms with Crippen LogP contribution in [-0.4, -0.2) is 49.7 Å². The Morgan fingerprint density at radius 2 is 2.05 bits per heavy atom. The summed E-state index contributed by atoms with van der Waals surface area (Å²) < 4.78 is 5.19. The minimum Gasteiger partial charge on any atom is -0.378 e. The molecule has 1 unspecified atom stereocenters. The van der Waals surface area contributed by atoms with Gasteiger partial charge in [-0.2, -0.15) is 0 Å². The van der Waals surface area contributed by atoms with E-state index in [1.807, 2.05) is 20.8 Å². The van der Waals surface area contributed by atoms with Gasteiger partial charge in [0.1, 0.15) is 6.04 Å². The topological polar surface area (TPSA) is 79.5 Å². The van der Waals surface area contributed by atoms with Crippen molar-refractivity contribution in [1.82, 2.24) is 16.0 Å². The van der Waals surface area contributed by atoms with Gasteiger partial charge in [0.2, 0.25) is 11.8 Å². The highest BCUT2D eigenvalue weighted by Gasteiger charge is 2.21. The number of hydrogen-bond donors (Lipinski definition) is 3. The van der Waals surface area contributed by atoms with Crippen LogP contribution in [0.25, 0.3) is 0 Å². The first-order valence-corrected chi connectivity index (χ1v) is 6.28. The molecular weight excluding hydrogens is 270 g/mol. The maximum Gasteiger partial charge on any atom is 0.239 e. The van der Waals surface area contributed by atoms with Crippen molar-refractivity contribution in [3.63, 3.8) is 0 Å². The summed E-state index contributed by atoms with van der Waals surface area (Å²) in [5.41, 5.74) is -0.236. The Labute approximate surface area is 120 Å². The highest BCUT2D eigenvalue weighted by atomic mass is 35.5. The van der Waals surface area contributed by atoms with E-state index < -0.39 is 0 Å². The Bertz CT molecular complexity index is 299. The predicted octanol–water partition coefficient (Wildman–Crippen LogP) is -0.182. The predicted molar refractivity (Wildman–Crippen MR) is 75.4 cm³/mol. The van der Waals surface area contributed by atoms with Gasteiger partial charge >= 0.3 is 0 Å². The second kappa shape index (κ2) is 8.35. The van der Waals surface area contributed by atoms with Crippen LogP contribution in [-0.2, 0) is 14.3 Å². The Balaban J connectivity index is 0.00000324. The summed E-state index contributed by atoms with van der Waals surface area (Å²) in [4.78, 5) is 23.2. The summed E-state index contributed by atoms with van der Waals surface area (Å²) >= 11 is 0. The first-order valence-electron chi connectivity index (χ1n) is 6.28. The molecule has 1 aliphatic heterocycles. The van der Waals surface area contributed by atoms with E-state index >= 15 is 0 Å². The lowest BCUT2D eigenvalue weighted by Gasteiger charge is -2.23. The normalized spacial score (nSPS) is 19.2. The molecule has 1 rings (SSSR count). The number of halogens is 1. The third-order valence-electron chi connectivity index (χ3n) is 2.40. The fourth-order valence-corrected chi connectivity index (χ4v) is 1.64. The van der Waals surface area contributed by atoms with E-state index in [1.54, 1.807) is 0 Å². The van der Waals surface area contributed by atoms with Crippen molar-refractivity contribution in [2.45, 2.75) is 38.8 Å². The van der Waals surface area contributed by atoms with Crippen LogP contribution in [0.2, 0.25) is 0 Å². The Kier molecular flexibility index (Phi) is 7.97. The first kappa shape index (κ1) is 18.1. The van der Waals surface area contributed by atoms with E-state index in [4.69, 9.17) is 4.74 Å². The van der Waals surface area contributed by atoms with Crippen molar-refractivity contribution >= 4 is 24.2 Å². The Morgan fingerprint density at radius 3 is 2.58 bits per heavy atom. The van der Waals surface area contributed by atoms with Crippen molar-refractivity contribution in [2.24, 2.45) is 0 Å². The summed E-state index contributed by atoms with van der Waals surface area (Å²) in [6.45, 7) is 7.83. The lowest BCUT2D eigenvalue weighted by molar-refractivity contribution is -0.126. The summed E-state index contributed by atoms with van der Waals surface area (Å²) in [5, 5.41) is 8.63. The minimum atomic E-state index is -0.301. The fraction of sp³-hybridized carbons (Fsp3) is 0.833. The minimum absolute atomic E-state index is 0. The van der Waals surface area contributed by atoms with Crippen molar-refractivity contribution in [2.75, 3.05) is 26.3 Å². The molecule has 2 amide bonds. The number of carbonyl (C=O) groups is 2. The number of rotatable bonds is 4. The van der Waals surface area contributed by atoms with Crippen molar-refractivity contribution in [3.8, 4) is 0 Å². The van der Waals surface area contributed by atoms with Gasteiger partial charge in [-0.15, -0.1) is 12.4 Å². The van der Waals surface area contributed by atoms with Gasteiger partial charge in [0.15, 0.2) is 0 Å². The van der Waals surface area contributed by atoms with Gasteiger partial charge in [-0.1, -0.05) is 0 Å². The molecule has 1 heterocycles. The maximum absolute atomic E-state index is 11.7. The van der Waals surface area contributed by atoms with E-state index in [9.17, 15) is 9.59 Å². The highest BCUT2D eigenvalue weighted by Crippen LogP contribution is 1.99. The number of morpholine rings is 1. The molecule has 1 fully saturated rings. The molecule has 6 nitrogen and oxygen atoms in total. The van der Waals surface area contributed by atoms with Crippen LogP contribution in [0.3, 0.4) is 0 Å². The van der Waals surface area contributed by atoms with Crippen LogP contribution in [0.1, 0.15) is 27.2 Å².